The highest BCUT2D eigenvalue weighted by Crippen LogP contribution is 2.19. The number of carbonyl (C=O) groups excluding carboxylic acids is 1. The van der Waals surface area contributed by atoms with Crippen LogP contribution in [0.2, 0.25) is 0 Å². The third-order valence-electron chi connectivity index (χ3n) is 3.59. The third kappa shape index (κ3) is 4.45. The number of hydrogen-bond donors (Lipinski definition) is 1. The van der Waals surface area contributed by atoms with Gasteiger partial charge in [-0.25, -0.2) is 8.42 Å². The largest absolute Gasteiger partial charge is 0.455 e. The van der Waals surface area contributed by atoms with Gasteiger partial charge >= 0.3 is 0 Å². The van der Waals surface area contributed by atoms with Crippen molar-refractivity contribution in [3.05, 3.63) is 53.5 Å². The molecule has 1 heterocycles. The molecule has 0 spiro atoms. The van der Waals surface area contributed by atoms with E-state index in [-0.39, 0.29) is 34.1 Å². The van der Waals surface area contributed by atoms with Gasteiger partial charge in [0.05, 0.1) is 4.90 Å². The summed E-state index contributed by atoms with van der Waals surface area (Å²) in [7, 11) is -3.50. The van der Waals surface area contributed by atoms with Crippen LogP contribution in [-0.4, -0.2) is 20.4 Å². The quantitative estimate of drug-likeness (QED) is 0.880. The van der Waals surface area contributed by atoms with E-state index in [0.717, 1.165) is 12.0 Å². The number of sulfone groups is 1. The number of aryl methyl sites for hydroxylation is 1. The smallest absolute Gasteiger partial charge is 0.287 e. The van der Waals surface area contributed by atoms with Crippen LogP contribution >= 0.6 is 0 Å². The monoisotopic (exact) mass is 335 g/mol. The SMILES string of the molecule is CCC(C)NC(=O)c1ccc(CS(=O)(=O)c2ccc(C)cc2)o1. The maximum absolute atomic E-state index is 12.4. The number of amides is 1. The Morgan fingerprint density at radius 3 is 2.43 bits per heavy atom. The van der Waals surface area contributed by atoms with Crippen molar-refractivity contribution in [1.29, 1.82) is 0 Å². The molecular weight excluding hydrogens is 314 g/mol. The fraction of sp³-hybridized carbons (Fsp3) is 0.353. The minimum absolute atomic E-state index is 0.0346. The van der Waals surface area contributed by atoms with Gasteiger partial charge in [-0.2, -0.15) is 0 Å². The van der Waals surface area contributed by atoms with E-state index in [1.165, 1.54) is 12.1 Å². The van der Waals surface area contributed by atoms with Gasteiger partial charge in [0.1, 0.15) is 11.5 Å². The summed E-state index contributed by atoms with van der Waals surface area (Å²) in [4.78, 5) is 12.2. The van der Waals surface area contributed by atoms with Gasteiger partial charge in [-0.3, -0.25) is 4.79 Å². The van der Waals surface area contributed by atoms with Gasteiger partial charge in [-0.1, -0.05) is 24.6 Å². The first-order chi connectivity index (χ1) is 10.8. The van der Waals surface area contributed by atoms with Crippen LogP contribution in [0, 0.1) is 6.92 Å². The molecule has 0 saturated heterocycles. The first-order valence-electron chi connectivity index (χ1n) is 7.51. The van der Waals surface area contributed by atoms with Crippen LogP contribution in [0.15, 0.2) is 45.7 Å². The molecule has 0 bridgehead atoms. The average Bonchev–Trinajstić information content (AvgIpc) is 2.95. The average molecular weight is 335 g/mol. The molecule has 2 aromatic rings. The second-order valence-electron chi connectivity index (χ2n) is 5.62. The molecule has 5 nitrogen and oxygen atoms in total. The second-order valence-corrected chi connectivity index (χ2v) is 7.61. The summed E-state index contributed by atoms with van der Waals surface area (Å²) < 4.78 is 30.1. The molecule has 0 aliphatic rings. The van der Waals surface area contributed by atoms with E-state index < -0.39 is 9.84 Å². The summed E-state index contributed by atoms with van der Waals surface area (Å²) >= 11 is 0. The maximum atomic E-state index is 12.4. The first-order valence-corrected chi connectivity index (χ1v) is 9.16. The number of nitrogens with one attached hydrogen (secondary N) is 1. The number of benzene rings is 1. The van der Waals surface area contributed by atoms with E-state index in [4.69, 9.17) is 4.42 Å². The summed E-state index contributed by atoms with van der Waals surface area (Å²) in [6, 6.07) is 9.70. The molecule has 1 N–H and O–H groups in total. The van der Waals surface area contributed by atoms with E-state index in [1.807, 2.05) is 20.8 Å². The molecular formula is C17H21NO4S. The first kappa shape index (κ1) is 17.3. The highest BCUT2D eigenvalue weighted by atomic mass is 32.2. The number of furan rings is 1. The summed E-state index contributed by atoms with van der Waals surface area (Å²) in [5.41, 5.74) is 0.992. The predicted octanol–water partition coefficient (Wildman–Crippen LogP) is 3.09. The van der Waals surface area contributed by atoms with Crippen LogP contribution in [0.1, 0.15) is 42.1 Å². The summed E-state index contributed by atoms with van der Waals surface area (Å²) in [5, 5.41) is 2.78. The van der Waals surface area contributed by atoms with E-state index in [9.17, 15) is 13.2 Å². The van der Waals surface area contributed by atoms with Crippen molar-refractivity contribution in [2.45, 2.75) is 43.9 Å². The zero-order valence-corrected chi connectivity index (χ0v) is 14.3. The van der Waals surface area contributed by atoms with Crippen LogP contribution in [0.5, 0.6) is 0 Å². The molecule has 1 atom stereocenters. The Bertz CT molecular complexity index is 775. The highest BCUT2D eigenvalue weighted by molar-refractivity contribution is 7.90. The van der Waals surface area contributed by atoms with Crippen LogP contribution in [0.4, 0.5) is 0 Å². The Labute approximate surface area is 136 Å². The van der Waals surface area contributed by atoms with Gasteiger partial charge in [0, 0.05) is 6.04 Å². The fourth-order valence-electron chi connectivity index (χ4n) is 1.99. The molecule has 0 fully saturated rings. The van der Waals surface area contributed by atoms with Crippen LogP contribution < -0.4 is 5.32 Å². The zero-order valence-electron chi connectivity index (χ0n) is 13.5. The molecule has 0 aliphatic carbocycles. The topological polar surface area (TPSA) is 76.4 Å². The van der Waals surface area contributed by atoms with Crippen molar-refractivity contribution in [2.24, 2.45) is 0 Å². The van der Waals surface area contributed by atoms with Gasteiger partial charge in [0.2, 0.25) is 0 Å². The Kier molecular flexibility index (Phi) is 5.26. The lowest BCUT2D eigenvalue weighted by atomic mass is 10.2. The molecule has 6 heteroatoms. The second kappa shape index (κ2) is 7.00. The van der Waals surface area contributed by atoms with Crippen LogP contribution in [-0.2, 0) is 15.6 Å². The Balaban J connectivity index is 2.12. The number of hydrogen-bond acceptors (Lipinski definition) is 4. The molecule has 23 heavy (non-hydrogen) atoms. The van der Waals surface area contributed by atoms with E-state index in [2.05, 4.69) is 5.32 Å². The molecule has 1 aromatic carbocycles. The summed E-state index contributed by atoms with van der Waals surface area (Å²) in [6.07, 6.45) is 0.807. The standard InChI is InChI=1S/C17H21NO4S/c1-4-13(3)18-17(19)16-10-7-14(22-16)11-23(20,21)15-8-5-12(2)6-9-15/h5-10,13H,4,11H2,1-3H3,(H,18,19). The summed E-state index contributed by atoms with van der Waals surface area (Å²) in [6.45, 7) is 5.75. The van der Waals surface area contributed by atoms with Gasteiger partial charge < -0.3 is 9.73 Å². The molecule has 1 aromatic heterocycles. The molecule has 124 valence electrons. The normalized spacial score (nSPS) is 12.8. The van der Waals surface area contributed by atoms with Crippen molar-refractivity contribution in [3.8, 4) is 0 Å². The minimum atomic E-state index is -3.50. The van der Waals surface area contributed by atoms with Crippen molar-refractivity contribution in [3.63, 3.8) is 0 Å². The predicted molar refractivity (Wildman–Crippen MR) is 88.0 cm³/mol. The lowest BCUT2D eigenvalue weighted by Gasteiger charge is -2.09. The molecule has 1 unspecified atom stereocenters. The Morgan fingerprint density at radius 2 is 1.83 bits per heavy atom. The van der Waals surface area contributed by atoms with Crippen molar-refractivity contribution in [1.82, 2.24) is 5.32 Å². The van der Waals surface area contributed by atoms with Crippen molar-refractivity contribution < 1.29 is 17.6 Å². The van der Waals surface area contributed by atoms with E-state index >= 15 is 0 Å². The molecule has 0 aliphatic heterocycles. The number of rotatable bonds is 6. The van der Waals surface area contributed by atoms with Crippen LogP contribution in [0.3, 0.4) is 0 Å². The van der Waals surface area contributed by atoms with Crippen molar-refractivity contribution in [2.75, 3.05) is 0 Å². The van der Waals surface area contributed by atoms with E-state index in [0.29, 0.717) is 0 Å². The van der Waals surface area contributed by atoms with E-state index in [1.54, 1.807) is 24.3 Å². The lowest BCUT2D eigenvalue weighted by Crippen LogP contribution is -2.31. The third-order valence-corrected chi connectivity index (χ3v) is 5.24. The van der Waals surface area contributed by atoms with Gasteiger partial charge in [-0.05, 0) is 44.5 Å². The van der Waals surface area contributed by atoms with Crippen LogP contribution in [0.25, 0.3) is 0 Å². The maximum Gasteiger partial charge on any atom is 0.287 e. The molecule has 1 amide bonds. The van der Waals surface area contributed by atoms with Crippen molar-refractivity contribution >= 4 is 15.7 Å². The van der Waals surface area contributed by atoms with Gasteiger partial charge in [0.15, 0.2) is 15.6 Å². The zero-order chi connectivity index (χ0) is 17.0. The fourth-order valence-corrected chi connectivity index (χ4v) is 3.24. The highest BCUT2D eigenvalue weighted by Gasteiger charge is 2.19. The lowest BCUT2D eigenvalue weighted by molar-refractivity contribution is 0.0909. The summed E-state index contributed by atoms with van der Waals surface area (Å²) in [5.74, 6) is -0.232. The minimum Gasteiger partial charge on any atom is -0.455 e. The Hall–Kier alpha value is -2.08. The Morgan fingerprint density at radius 1 is 1.17 bits per heavy atom. The van der Waals surface area contributed by atoms with Gasteiger partial charge in [-0.15, -0.1) is 0 Å². The molecule has 0 saturated carbocycles. The molecule has 2 rings (SSSR count). The van der Waals surface area contributed by atoms with Gasteiger partial charge in [0.25, 0.3) is 5.91 Å². The molecule has 0 radical (unpaired) electrons. The number of carbonyl (C=O) groups is 1.